The molecule has 24 heavy (non-hydrogen) atoms. The number of carbonyl (C=O) groups is 1. The Kier molecular flexibility index (Phi) is 7.50. The number of esters is 1. The average Bonchev–Trinajstić information content (AvgIpc) is 2.63. The lowest BCUT2D eigenvalue weighted by atomic mass is 9.90. The molecule has 0 aromatic heterocycles. The van der Waals surface area contributed by atoms with Crippen LogP contribution in [0.25, 0.3) is 0 Å². The fourth-order valence-corrected chi connectivity index (χ4v) is 2.76. The van der Waals surface area contributed by atoms with Crippen LogP contribution in [0.4, 0.5) is 0 Å². The van der Waals surface area contributed by atoms with Gasteiger partial charge in [0.15, 0.2) is 0 Å². The Morgan fingerprint density at radius 2 is 1.58 bits per heavy atom. The summed E-state index contributed by atoms with van der Waals surface area (Å²) in [5, 5.41) is 10.7. The molecule has 3 heteroatoms. The molecule has 128 valence electrons. The molecule has 0 saturated carbocycles. The van der Waals surface area contributed by atoms with Gasteiger partial charge in [-0.25, -0.2) is 0 Å². The maximum Gasteiger partial charge on any atom is 0.317 e. The van der Waals surface area contributed by atoms with E-state index in [1.807, 2.05) is 48.5 Å². The Morgan fingerprint density at radius 3 is 2.21 bits per heavy atom. The molecule has 0 aliphatic rings. The summed E-state index contributed by atoms with van der Waals surface area (Å²) in [5.74, 6) is -0.403. The summed E-state index contributed by atoms with van der Waals surface area (Å²) in [7, 11) is 0. The summed E-state index contributed by atoms with van der Waals surface area (Å²) in [5.41, 5.74) is 0.753. The molecule has 3 nitrogen and oxygen atoms in total. The highest BCUT2D eigenvalue weighted by Gasteiger charge is 2.29. The van der Waals surface area contributed by atoms with Crippen LogP contribution in [0.2, 0.25) is 0 Å². The molecule has 0 radical (unpaired) electrons. The number of benzene rings is 2. The van der Waals surface area contributed by atoms with Crippen molar-refractivity contribution in [2.45, 2.75) is 45.1 Å². The third kappa shape index (κ3) is 5.50. The van der Waals surface area contributed by atoms with Crippen LogP contribution >= 0.6 is 0 Å². The second-order valence-corrected chi connectivity index (χ2v) is 6.05. The van der Waals surface area contributed by atoms with E-state index in [1.165, 1.54) is 0 Å². The van der Waals surface area contributed by atoms with Crippen molar-refractivity contribution in [1.82, 2.24) is 0 Å². The predicted molar refractivity (Wildman–Crippen MR) is 95.7 cm³/mol. The quantitative estimate of drug-likeness (QED) is 0.404. The zero-order valence-corrected chi connectivity index (χ0v) is 14.2. The Labute approximate surface area is 144 Å². The van der Waals surface area contributed by atoms with E-state index < -0.39 is 12.0 Å². The van der Waals surface area contributed by atoms with Gasteiger partial charge in [-0.3, -0.25) is 4.79 Å². The second kappa shape index (κ2) is 9.89. The van der Waals surface area contributed by atoms with Crippen molar-refractivity contribution in [3.8, 4) is 5.75 Å². The molecule has 0 heterocycles. The second-order valence-electron chi connectivity index (χ2n) is 6.05. The van der Waals surface area contributed by atoms with Gasteiger partial charge in [-0.2, -0.15) is 0 Å². The first kappa shape index (κ1) is 18.2. The normalized spacial score (nSPS) is 13.2. The minimum absolute atomic E-state index is 0.367. The Bertz CT molecular complexity index is 595. The lowest BCUT2D eigenvalue weighted by Gasteiger charge is -2.22. The van der Waals surface area contributed by atoms with Crippen LogP contribution in [-0.4, -0.2) is 11.1 Å². The van der Waals surface area contributed by atoms with Crippen molar-refractivity contribution < 1.29 is 14.6 Å². The number of carbonyl (C=O) groups excluding carboxylic acids is 1. The summed E-state index contributed by atoms with van der Waals surface area (Å²) in [6.45, 7) is 2.15. The molecule has 0 saturated heterocycles. The van der Waals surface area contributed by atoms with Crippen LogP contribution in [0.15, 0.2) is 60.7 Å². The van der Waals surface area contributed by atoms with E-state index in [-0.39, 0.29) is 5.97 Å². The van der Waals surface area contributed by atoms with E-state index in [2.05, 4.69) is 6.92 Å². The fourth-order valence-electron chi connectivity index (χ4n) is 2.76. The highest BCUT2D eigenvalue weighted by atomic mass is 16.5. The summed E-state index contributed by atoms with van der Waals surface area (Å²) in [6.07, 6.45) is 4.03. The fraction of sp³-hybridized carbons (Fsp3) is 0.381. The Morgan fingerprint density at radius 1 is 0.958 bits per heavy atom. The number of ether oxygens (including phenoxy) is 1. The molecule has 2 unspecified atom stereocenters. The van der Waals surface area contributed by atoms with E-state index in [0.717, 1.165) is 31.2 Å². The molecule has 0 bridgehead atoms. The topological polar surface area (TPSA) is 46.5 Å². The van der Waals surface area contributed by atoms with Gasteiger partial charge < -0.3 is 9.84 Å². The number of rotatable bonds is 9. The van der Waals surface area contributed by atoms with E-state index in [9.17, 15) is 9.90 Å². The Balaban J connectivity index is 2.07. The summed E-state index contributed by atoms with van der Waals surface area (Å²) >= 11 is 0. The summed E-state index contributed by atoms with van der Waals surface area (Å²) in [6, 6.07) is 18.4. The van der Waals surface area contributed by atoms with Crippen molar-refractivity contribution in [2.24, 2.45) is 5.92 Å². The van der Waals surface area contributed by atoms with Gasteiger partial charge in [0.2, 0.25) is 0 Å². The van der Waals surface area contributed by atoms with Crippen molar-refractivity contribution in [1.29, 1.82) is 0 Å². The minimum atomic E-state index is -0.843. The molecular weight excluding hydrogens is 300 g/mol. The molecule has 2 atom stereocenters. The average molecular weight is 326 g/mol. The van der Waals surface area contributed by atoms with Gasteiger partial charge in [0.1, 0.15) is 5.75 Å². The number of para-hydroxylation sites is 1. The number of unbranched alkanes of at least 4 members (excludes halogenated alkanes) is 3. The van der Waals surface area contributed by atoms with Crippen LogP contribution < -0.4 is 4.74 Å². The molecular formula is C21H26O3. The van der Waals surface area contributed by atoms with Gasteiger partial charge in [0.25, 0.3) is 0 Å². The molecule has 0 amide bonds. The zero-order chi connectivity index (χ0) is 17.2. The number of hydrogen-bond donors (Lipinski definition) is 1. The summed E-state index contributed by atoms with van der Waals surface area (Å²) in [4.78, 5) is 12.6. The van der Waals surface area contributed by atoms with Gasteiger partial charge >= 0.3 is 5.97 Å². The molecule has 2 rings (SSSR count). The molecule has 2 aromatic carbocycles. The maximum atomic E-state index is 12.6. The minimum Gasteiger partial charge on any atom is -0.426 e. The third-order valence-electron chi connectivity index (χ3n) is 4.16. The van der Waals surface area contributed by atoms with Gasteiger partial charge in [-0.05, 0) is 24.1 Å². The predicted octanol–water partition coefficient (Wildman–Crippen LogP) is 4.91. The van der Waals surface area contributed by atoms with Crippen molar-refractivity contribution >= 4 is 5.97 Å². The van der Waals surface area contributed by atoms with Crippen molar-refractivity contribution in [2.75, 3.05) is 0 Å². The molecule has 1 N–H and O–H groups in total. The monoisotopic (exact) mass is 326 g/mol. The smallest absolute Gasteiger partial charge is 0.317 e. The van der Waals surface area contributed by atoms with E-state index >= 15 is 0 Å². The lowest BCUT2D eigenvalue weighted by Crippen LogP contribution is -2.27. The standard InChI is InChI=1S/C21H26O3/c1-2-3-4-11-16-19(20(22)17-12-7-5-8-13-17)21(23)24-18-14-9-6-10-15-18/h5-10,12-15,19-20,22H,2-4,11,16H2,1H3. The first-order chi connectivity index (χ1) is 11.7. The van der Waals surface area contributed by atoms with E-state index in [1.54, 1.807) is 12.1 Å². The van der Waals surface area contributed by atoms with Gasteiger partial charge in [-0.15, -0.1) is 0 Å². The first-order valence-corrected chi connectivity index (χ1v) is 8.72. The molecule has 0 fully saturated rings. The van der Waals surface area contributed by atoms with E-state index in [0.29, 0.717) is 12.2 Å². The van der Waals surface area contributed by atoms with Gasteiger partial charge in [0, 0.05) is 0 Å². The molecule has 2 aromatic rings. The Hall–Kier alpha value is -2.13. The maximum absolute atomic E-state index is 12.6. The number of hydrogen-bond acceptors (Lipinski definition) is 3. The van der Waals surface area contributed by atoms with Crippen LogP contribution in [0.5, 0.6) is 5.75 Å². The highest BCUT2D eigenvalue weighted by Crippen LogP contribution is 2.28. The molecule has 0 aliphatic carbocycles. The SMILES string of the molecule is CCCCCCC(C(=O)Oc1ccccc1)C(O)c1ccccc1. The first-order valence-electron chi connectivity index (χ1n) is 8.72. The third-order valence-corrected chi connectivity index (χ3v) is 4.16. The largest absolute Gasteiger partial charge is 0.426 e. The number of aliphatic hydroxyl groups is 1. The van der Waals surface area contributed by atoms with Crippen molar-refractivity contribution in [3.05, 3.63) is 66.2 Å². The van der Waals surface area contributed by atoms with E-state index in [4.69, 9.17) is 4.74 Å². The summed E-state index contributed by atoms with van der Waals surface area (Å²) < 4.78 is 5.48. The zero-order valence-electron chi connectivity index (χ0n) is 14.2. The van der Waals surface area contributed by atoms with Crippen molar-refractivity contribution in [3.63, 3.8) is 0 Å². The van der Waals surface area contributed by atoms with Crippen LogP contribution in [0.1, 0.15) is 50.7 Å². The van der Waals surface area contributed by atoms with Crippen LogP contribution in [0.3, 0.4) is 0 Å². The molecule has 0 aliphatic heterocycles. The van der Waals surface area contributed by atoms with Gasteiger partial charge in [-0.1, -0.05) is 81.1 Å². The van der Waals surface area contributed by atoms with Crippen LogP contribution in [-0.2, 0) is 4.79 Å². The number of aliphatic hydroxyl groups excluding tert-OH is 1. The molecule has 0 spiro atoms. The highest BCUT2D eigenvalue weighted by molar-refractivity contribution is 5.76. The van der Waals surface area contributed by atoms with Gasteiger partial charge in [0.05, 0.1) is 12.0 Å². The van der Waals surface area contributed by atoms with Crippen LogP contribution in [0, 0.1) is 5.92 Å². The lowest BCUT2D eigenvalue weighted by molar-refractivity contribution is -0.143.